The van der Waals surface area contributed by atoms with E-state index in [4.69, 9.17) is 17.3 Å². The molecule has 1 aliphatic carbocycles. The van der Waals surface area contributed by atoms with Crippen molar-refractivity contribution in [2.75, 3.05) is 0 Å². The lowest BCUT2D eigenvalue weighted by atomic mass is 9.73. The van der Waals surface area contributed by atoms with Crippen molar-refractivity contribution in [3.05, 3.63) is 34.9 Å². The molecule has 0 spiro atoms. The average molecular weight is 316 g/mol. The lowest BCUT2D eigenvalue weighted by Crippen LogP contribution is -2.52. The van der Waals surface area contributed by atoms with Crippen molar-refractivity contribution in [3.63, 3.8) is 0 Å². The molecule has 1 aromatic carbocycles. The zero-order valence-corrected chi connectivity index (χ0v) is 13.5. The summed E-state index contributed by atoms with van der Waals surface area (Å²) < 4.78 is 25.3. The Morgan fingerprint density at radius 2 is 1.90 bits per heavy atom. The fourth-order valence-electron chi connectivity index (χ4n) is 2.93. The Kier molecular flexibility index (Phi) is 4.47. The van der Waals surface area contributed by atoms with E-state index >= 15 is 0 Å². The predicted molar refractivity (Wildman–Crippen MR) is 83.5 cm³/mol. The minimum Gasteiger partial charge on any atom is -0.326 e. The third-order valence-electron chi connectivity index (χ3n) is 4.36. The number of benzene rings is 1. The smallest absolute Gasteiger partial charge is 0.158 e. The van der Waals surface area contributed by atoms with E-state index in [2.05, 4.69) is 13.8 Å². The molecule has 3 nitrogen and oxygen atoms in total. The maximum atomic E-state index is 12.6. The van der Waals surface area contributed by atoms with Crippen molar-refractivity contribution in [3.8, 4) is 0 Å². The largest absolute Gasteiger partial charge is 0.326 e. The number of hydrogen-bond donors (Lipinski definition) is 1. The average Bonchev–Trinajstić information content (AvgIpc) is 2.35. The summed E-state index contributed by atoms with van der Waals surface area (Å²) >= 11 is 5.82. The Morgan fingerprint density at radius 1 is 1.30 bits per heavy atom. The summed E-state index contributed by atoms with van der Waals surface area (Å²) in [6, 6.07) is 6.67. The van der Waals surface area contributed by atoms with Crippen LogP contribution in [0.5, 0.6) is 0 Å². The van der Waals surface area contributed by atoms with Gasteiger partial charge in [-0.3, -0.25) is 0 Å². The Bertz CT molecular complexity index is 566. The second kappa shape index (κ2) is 5.66. The monoisotopic (exact) mass is 315 g/mol. The Balaban J connectivity index is 2.19. The standard InChI is InChI=1S/C15H22ClNO2S/c1-15(2)9-3-4-13(14(15)17)20(18,19)10-11-5-7-12(16)8-6-11/h5-8,13-14H,3-4,9-10,17H2,1-2H3. The molecule has 1 fully saturated rings. The summed E-state index contributed by atoms with van der Waals surface area (Å²) in [4.78, 5) is 0. The van der Waals surface area contributed by atoms with Gasteiger partial charge in [0.1, 0.15) is 0 Å². The first kappa shape index (κ1) is 15.8. The highest BCUT2D eigenvalue weighted by Crippen LogP contribution is 2.38. The van der Waals surface area contributed by atoms with Crippen LogP contribution in [0.3, 0.4) is 0 Å². The molecule has 20 heavy (non-hydrogen) atoms. The molecule has 1 saturated carbocycles. The Hall–Kier alpha value is -0.580. The minimum atomic E-state index is -3.24. The fourth-order valence-corrected chi connectivity index (χ4v) is 5.27. The number of nitrogens with two attached hydrogens (primary N) is 1. The summed E-state index contributed by atoms with van der Waals surface area (Å²) in [6.45, 7) is 4.11. The molecule has 0 saturated heterocycles. The van der Waals surface area contributed by atoms with Crippen molar-refractivity contribution in [2.24, 2.45) is 11.1 Å². The van der Waals surface area contributed by atoms with Gasteiger partial charge in [-0.05, 0) is 36.0 Å². The lowest BCUT2D eigenvalue weighted by molar-refractivity contribution is 0.204. The van der Waals surface area contributed by atoms with Crippen LogP contribution in [0.2, 0.25) is 5.02 Å². The van der Waals surface area contributed by atoms with E-state index in [1.54, 1.807) is 24.3 Å². The first-order chi connectivity index (χ1) is 9.22. The van der Waals surface area contributed by atoms with Gasteiger partial charge in [0.2, 0.25) is 0 Å². The van der Waals surface area contributed by atoms with Crippen molar-refractivity contribution in [2.45, 2.75) is 50.2 Å². The van der Waals surface area contributed by atoms with Crippen LogP contribution >= 0.6 is 11.6 Å². The summed E-state index contributed by atoms with van der Waals surface area (Å²) in [7, 11) is -3.24. The van der Waals surface area contributed by atoms with E-state index in [0.717, 1.165) is 18.4 Å². The summed E-state index contributed by atoms with van der Waals surface area (Å²) in [5.74, 6) is 0.0403. The summed E-state index contributed by atoms with van der Waals surface area (Å²) in [5.41, 5.74) is 6.87. The van der Waals surface area contributed by atoms with E-state index in [1.165, 1.54) is 0 Å². The molecular formula is C15H22ClNO2S. The van der Waals surface area contributed by atoms with Crippen molar-refractivity contribution >= 4 is 21.4 Å². The molecule has 112 valence electrons. The quantitative estimate of drug-likeness (QED) is 0.932. The topological polar surface area (TPSA) is 60.2 Å². The summed E-state index contributed by atoms with van der Waals surface area (Å²) in [6.07, 6.45) is 2.58. The van der Waals surface area contributed by atoms with Crippen LogP contribution in [0.25, 0.3) is 0 Å². The zero-order chi connectivity index (χ0) is 15.0. The molecule has 1 aromatic rings. The second-order valence-electron chi connectivity index (χ2n) is 6.38. The SMILES string of the molecule is CC1(C)CCCC(S(=O)(=O)Cc2ccc(Cl)cc2)C1N. The maximum absolute atomic E-state index is 12.6. The lowest BCUT2D eigenvalue weighted by Gasteiger charge is -2.41. The van der Waals surface area contributed by atoms with Crippen molar-refractivity contribution in [1.82, 2.24) is 0 Å². The number of halogens is 1. The maximum Gasteiger partial charge on any atom is 0.158 e. The first-order valence-corrected chi connectivity index (χ1v) is 9.03. The zero-order valence-electron chi connectivity index (χ0n) is 12.0. The van der Waals surface area contributed by atoms with E-state index in [1.807, 2.05) is 0 Å². The molecule has 0 heterocycles. The highest BCUT2D eigenvalue weighted by molar-refractivity contribution is 7.91. The van der Waals surface area contributed by atoms with Gasteiger partial charge < -0.3 is 5.73 Å². The molecule has 2 unspecified atom stereocenters. The van der Waals surface area contributed by atoms with E-state index < -0.39 is 15.1 Å². The number of rotatable bonds is 3. The second-order valence-corrected chi connectivity index (χ2v) is 9.04. The molecule has 2 N–H and O–H groups in total. The van der Waals surface area contributed by atoms with Gasteiger partial charge in [0.25, 0.3) is 0 Å². The molecule has 0 radical (unpaired) electrons. The molecule has 2 atom stereocenters. The van der Waals surface area contributed by atoms with E-state index in [-0.39, 0.29) is 17.2 Å². The van der Waals surface area contributed by atoms with Gasteiger partial charge in [-0.2, -0.15) is 0 Å². The minimum absolute atomic E-state index is 0.0403. The molecule has 0 aromatic heterocycles. The van der Waals surface area contributed by atoms with Crippen LogP contribution in [-0.2, 0) is 15.6 Å². The van der Waals surface area contributed by atoms with Gasteiger partial charge in [0.05, 0.1) is 11.0 Å². The van der Waals surface area contributed by atoms with Gasteiger partial charge in [-0.15, -0.1) is 0 Å². The highest BCUT2D eigenvalue weighted by Gasteiger charge is 2.42. The fraction of sp³-hybridized carbons (Fsp3) is 0.600. The third kappa shape index (κ3) is 3.35. The predicted octanol–water partition coefficient (Wildman–Crippen LogP) is 3.16. The Labute approximate surface area is 126 Å². The van der Waals surface area contributed by atoms with Crippen LogP contribution in [0.4, 0.5) is 0 Å². The van der Waals surface area contributed by atoms with Crippen LogP contribution in [0, 0.1) is 5.41 Å². The molecule has 2 rings (SSSR count). The molecular weight excluding hydrogens is 294 g/mol. The molecule has 1 aliphatic rings. The van der Waals surface area contributed by atoms with Gasteiger partial charge in [0, 0.05) is 11.1 Å². The van der Waals surface area contributed by atoms with E-state index in [0.29, 0.717) is 11.4 Å². The highest BCUT2D eigenvalue weighted by atomic mass is 35.5. The normalized spacial score (nSPS) is 26.4. The van der Waals surface area contributed by atoms with Crippen LogP contribution in [0.15, 0.2) is 24.3 Å². The third-order valence-corrected chi connectivity index (χ3v) is 6.79. The molecule has 0 aliphatic heterocycles. The van der Waals surface area contributed by atoms with Crippen LogP contribution in [0.1, 0.15) is 38.7 Å². The van der Waals surface area contributed by atoms with Crippen LogP contribution in [-0.4, -0.2) is 19.7 Å². The number of sulfone groups is 1. The van der Waals surface area contributed by atoms with Crippen LogP contribution < -0.4 is 5.73 Å². The van der Waals surface area contributed by atoms with Gasteiger partial charge in [-0.25, -0.2) is 8.42 Å². The van der Waals surface area contributed by atoms with Gasteiger partial charge in [-0.1, -0.05) is 44.0 Å². The molecule has 5 heteroatoms. The van der Waals surface area contributed by atoms with Crippen molar-refractivity contribution in [1.29, 1.82) is 0 Å². The van der Waals surface area contributed by atoms with E-state index in [9.17, 15) is 8.42 Å². The number of hydrogen-bond acceptors (Lipinski definition) is 3. The molecule has 0 bridgehead atoms. The summed E-state index contributed by atoms with van der Waals surface area (Å²) in [5, 5.41) is 0.170. The Morgan fingerprint density at radius 3 is 2.50 bits per heavy atom. The van der Waals surface area contributed by atoms with Gasteiger partial charge >= 0.3 is 0 Å². The van der Waals surface area contributed by atoms with Gasteiger partial charge in [0.15, 0.2) is 9.84 Å². The van der Waals surface area contributed by atoms with Crippen molar-refractivity contribution < 1.29 is 8.42 Å². The molecule has 0 amide bonds. The first-order valence-electron chi connectivity index (χ1n) is 6.94.